The number of carbonyl (C=O) groups is 1. The summed E-state index contributed by atoms with van der Waals surface area (Å²) in [5.41, 5.74) is 3.13. The maximum atomic E-state index is 11.9. The molecule has 0 unspecified atom stereocenters. The van der Waals surface area contributed by atoms with Gasteiger partial charge in [0.25, 0.3) is 0 Å². The number of aromatic amines is 1. The molecule has 0 bridgehead atoms. The third-order valence-electron chi connectivity index (χ3n) is 4.04. The van der Waals surface area contributed by atoms with Crippen molar-refractivity contribution in [1.29, 1.82) is 0 Å². The van der Waals surface area contributed by atoms with Gasteiger partial charge in [0.1, 0.15) is 18.2 Å². The van der Waals surface area contributed by atoms with E-state index in [1.54, 1.807) is 18.0 Å². The van der Waals surface area contributed by atoms with Gasteiger partial charge < -0.3 is 10.1 Å². The highest BCUT2D eigenvalue weighted by Gasteiger charge is 2.27. The smallest absolute Gasteiger partial charge is 0.235 e. The first kappa shape index (κ1) is 15.8. The summed E-state index contributed by atoms with van der Waals surface area (Å²) >= 11 is 1.58. The third-order valence-corrected chi connectivity index (χ3v) is 5.31. The molecule has 6 heteroatoms. The molecule has 2 heterocycles. The van der Waals surface area contributed by atoms with Crippen LogP contribution in [0.5, 0.6) is 5.75 Å². The Balaban J connectivity index is 1.64. The number of hydrogen-bond acceptors (Lipinski definition) is 4. The van der Waals surface area contributed by atoms with E-state index in [0.717, 1.165) is 22.4 Å². The summed E-state index contributed by atoms with van der Waals surface area (Å²) in [6.45, 7) is 0.505. The Kier molecular flexibility index (Phi) is 4.43. The zero-order valence-electron chi connectivity index (χ0n) is 13.4. The average Bonchev–Trinajstić information content (AvgIpc) is 3.03. The molecular weight excluding hydrogens is 334 g/mol. The van der Waals surface area contributed by atoms with Crippen molar-refractivity contribution in [2.75, 3.05) is 11.1 Å². The first-order valence-corrected chi connectivity index (χ1v) is 9.06. The van der Waals surface area contributed by atoms with Crippen molar-refractivity contribution in [2.45, 2.75) is 11.9 Å². The van der Waals surface area contributed by atoms with E-state index in [1.807, 2.05) is 54.6 Å². The van der Waals surface area contributed by atoms with E-state index in [2.05, 4.69) is 15.5 Å². The predicted octanol–water partition coefficient (Wildman–Crippen LogP) is 3.76. The summed E-state index contributed by atoms with van der Waals surface area (Å²) in [6.07, 6.45) is 1.77. The third kappa shape index (κ3) is 3.39. The molecule has 1 aliphatic heterocycles. The number of H-pyrrole nitrogens is 1. The summed E-state index contributed by atoms with van der Waals surface area (Å²) in [7, 11) is 0. The number of aromatic nitrogens is 2. The van der Waals surface area contributed by atoms with Crippen molar-refractivity contribution >= 4 is 23.5 Å². The molecule has 126 valence electrons. The van der Waals surface area contributed by atoms with E-state index in [-0.39, 0.29) is 11.2 Å². The van der Waals surface area contributed by atoms with Gasteiger partial charge in [-0.1, -0.05) is 48.5 Å². The zero-order chi connectivity index (χ0) is 17.1. The van der Waals surface area contributed by atoms with Gasteiger partial charge in [-0.05, 0) is 11.6 Å². The van der Waals surface area contributed by atoms with E-state index in [1.165, 1.54) is 0 Å². The monoisotopic (exact) mass is 351 g/mol. The quantitative estimate of drug-likeness (QED) is 0.751. The van der Waals surface area contributed by atoms with Crippen LogP contribution in [0.4, 0.5) is 5.82 Å². The van der Waals surface area contributed by atoms with Crippen molar-refractivity contribution in [3.8, 4) is 5.75 Å². The number of thioether (sulfide) groups is 1. The summed E-state index contributed by atoms with van der Waals surface area (Å²) in [6, 6.07) is 18.0. The molecule has 1 atom stereocenters. The van der Waals surface area contributed by atoms with Crippen LogP contribution in [0.2, 0.25) is 0 Å². The van der Waals surface area contributed by atoms with Crippen LogP contribution >= 0.6 is 11.8 Å². The van der Waals surface area contributed by atoms with Gasteiger partial charge in [-0.3, -0.25) is 9.89 Å². The number of nitrogens with one attached hydrogen (secondary N) is 2. The van der Waals surface area contributed by atoms with Crippen LogP contribution in [-0.4, -0.2) is 21.9 Å². The lowest BCUT2D eigenvalue weighted by Gasteiger charge is -2.18. The fraction of sp³-hybridized carbons (Fsp3) is 0.158. The van der Waals surface area contributed by atoms with Crippen LogP contribution in [0.25, 0.3) is 0 Å². The van der Waals surface area contributed by atoms with Crippen LogP contribution in [0.15, 0.2) is 60.8 Å². The number of para-hydroxylation sites is 1. The second-order valence-electron chi connectivity index (χ2n) is 5.75. The lowest BCUT2D eigenvalue weighted by molar-refractivity contribution is -0.113. The molecule has 1 aromatic heterocycles. The molecule has 5 nitrogen and oxygen atoms in total. The van der Waals surface area contributed by atoms with Crippen molar-refractivity contribution < 1.29 is 9.53 Å². The molecule has 0 spiro atoms. The van der Waals surface area contributed by atoms with Gasteiger partial charge in [0.05, 0.1) is 17.2 Å². The van der Waals surface area contributed by atoms with E-state index in [9.17, 15) is 4.79 Å². The standard InChI is InChI=1S/C19H17N3O2S/c23-17-12-25-18(15-10-20-22-19(15)21-17)14-8-4-5-9-16(14)24-11-13-6-2-1-3-7-13/h1-10,18H,11-12H2,(H2,20,21,22,23)/t18-/m0/s1. The first-order valence-electron chi connectivity index (χ1n) is 8.01. The van der Waals surface area contributed by atoms with Crippen molar-refractivity contribution in [1.82, 2.24) is 10.2 Å². The van der Waals surface area contributed by atoms with Crippen LogP contribution < -0.4 is 10.1 Å². The average molecular weight is 351 g/mol. The fourth-order valence-electron chi connectivity index (χ4n) is 2.84. The number of amides is 1. The molecule has 25 heavy (non-hydrogen) atoms. The van der Waals surface area contributed by atoms with Crippen molar-refractivity contribution in [3.63, 3.8) is 0 Å². The Morgan fingerprint density at radius 2 is 1.88 bits per heavy atom. The molecule has 0 fully saturated rings. The van der Waals surface area contributed by atoms with Crippen LogP contribution in [-0.2, 0) is 11.4 Å². The predicted molar refractivity (Wildman–Crippen MR) is 98.7 cm³/mol. The molecule has 2 aromatic carbocycles. The molecule has 0 saturated carbocycles. The number of rotatable bonds is 4. The van der Waals surface area contributed by atoms with Gasteiger partial charge in [-0.25, -0.2) is 0 Å². The summed E-state index contributed by atoms with van der Waals surface area (Å²) < 4.78 is 6.09. The van der Waals surface area contributed by atoms with E-state index in [0.29, 0.717) is 18.2 Å². The second-order valence-corrected chi connectivity index (χ2v) is 6.85. The highest BCUT2D eigenvalue weighted by atomic mass is 32.2. The number of anilines is 1. The summed E-state index contributed by atoms with van der Waals surface area (Å²) in [5, 5.41) is 9.80. The van der Waals surface area contributed by atoms with Gasteiger partial charge in [0, 0.05) is 11.1 Å². The Hall–Kier alpha value is -2.73. The number of carbonyl (C=O) groups excluding carboxylic acids is 1. The largest absolute Gasteiger partial charge is 0.489 e. The van der Waals surface area contributed by atoms with Crippen LogP contribution in [0.3, 0.4) is 0 Å². The molecular formula is C19H17N3O2S. The minimum atomic E-state index is -0.0271. The molecule has 0 saturated heterocycles. The second kappa shape index (κ2) is 7.03. The van der Waals surface area contributed by atoms with Crippen LogP contribution in [0, 0.1) is 0 Å². The highest BCUT2D eigenvalue weighted by Crippen LogP contribution is 2.43. The Morgan fingerprint density at radius 1 is 1.08 bits per heavy atom. The minimum Gasteiger partial charge on any atom is -0.489 e. The van der Waals surface area contributed by atoms with Gasteiger partial charge in [-0.15, -0.1) is 11.8 Å². The highest BCUT2D eigenvalue weighted by molar-refractivity contribution is 8.00. The van der Waals surface area contributed by atoms with Gasteiger partial charge in [-0.2, -0.15) is 5.10 Å². The normalized spacial score (nSPS) is 16.6. The first-order chi connectivity index (χ1) is 12.3. The van der Waals surface area contributed by atoms with E-state index in [4.69, 9.17) is 4.74 Å². The Bertz CT molecular complexity index is 879. The molecule has 0 aliphatic carbocycles. The number of fused-ring (bicyclic) bond motifs is 1. The molecule has 1 amide bonds. The van der Waals surface area contributed by atoms with Crippen molar-refractivity contribution in [3.05, 3.63) is 77.5 Å². The lowest BCUT2D eigenvalue weighted by atomic mass is 10.1. The number of hydrogen-bond donors (Lipinski definition) is 2. The molecule has 2 N–H and O–H groups in total. The lowest BCUT2D eigenvalue weighted by Crippen LogP contribution is -2.12. The van der Waals surface area contributed by atoms with Gasteiger partial charge in [0.15, 0.2) is 0 Å². The maximum absolute atomic E-state index is 11.9. The molecule has 0 radical (unpaired) electrons. The SMILES string of the molecule is O=C1CS[C@@H](c2ccccc2OCc2ccccc2)c2cn[nH]c2N1. The number of ether oxygens (including phenoxy) is 1. The Morgan fingerprint density at radius 3 is 2.76 bits per heavy atom. The van der Waals surface area contributed by atoms with Crippen LogP contribution in [0.1, 0.15) is 21.9 Å². The molecule has 1 aliphatic rings. The van der Waals surface area contributed by atoms with E-state index < -0.39 is 0 Å². The van der Waals surface area contributed by atoms with Crippen molar-refractivity contribution in [2.24, 2.45) is 0 Å². The maximum Gasteiger partial charge on any atom is 0.235 e. The topological polar surface area (TPSA) is 67.0 Å². The van der Waals surface area contributed by atoms with Gasteiger partial charge >= 0.3 is 0 Å². The zero-order valence-corrected chi connectivity index (χ0v) is 14.3. The fourth-order valence-corrected chi connectivity index (χ4v) is 3.96. The van der Waals surface area contributed by atoms with E-state index >= 15 is 0 Å². The minimum absolute atomic E-state index is 0.0142. The Labute approximate surface area is 149 Å². The summed E-state index contributed by atoms with van der Waals surface area (Å²) in [5.74, 6) is 1.85. The number of nitrogens with zero attached hydrogens (tertiary/aromatic N) is 1. The summed E-state index contributed by atoms with van der Waals surface area (Å²) in [4.78, 5) is 11.9. The molecule has 3 aromatic rings. The van der Waals surface area contributed by atoms with Gasteiger partial charge in [0.2, 0.25) is 5.91 Å². The number of benzene rings is 2. The molecule has 4 rings (SSSR count).